The molecule has 1 saturated heterocycles. The number of alkyl halides is 3. The van der Waals surface area contributed by atoms with E-state index >= 15 is 0 Å². The molecule has 5 nitrogen and oxygen atoms in total. The molecule has 3 rings (SSSR count). The van der Waals surface area contributed by atoms with Crippen molar-refractivity contribution in [2.45, 2.75) is 19.6 Å². The minimum atomic E-state index is -4.41. The molecule has 2 aromatic carbocycles. The fourth-order valence-electron chi connectivity index (χ4n) is 3.41. The van der Waals surface area contributed by atoms with Crippen LogP contribution in [0.4, 0.5) is 24.5 Å². The van der Waals surface area contributed by atoms with Gasteiger partial charge in [0.1, 0.15) is 0 Å². The molecule has 1 heterocycles. The number of hydrogen-bond donors (Lipinski definition) is 2. The molecule has 0 aromatic heterocycles. The Bertz CT molecular complexity index is 831. The third kappa shape index (κ3) is 6.47. The van der Waals surface area contributed by atoms with Crippen LogP contribution in [-0.4, -0.2) is 55.0 Å². The number of carbonyl (C=O) groups is 1. The lowest BCUT2D eigenvalue weighted by atomic mass is 10.1. The second-order valence-corrected chi connectivity index (χ2v) is 7.39. The maximum atomic E-state index is 12.8. The van der Waals surface area contributed by atoms with E-state index < -0.39 is 11.7 Å². The average molecular weight is 420 g/mol. The van der Waals surface area contributed by atoms with Gasteiger partial charge in [-0.2, -0.15) is 13.2 Å². The fourth-order valence-corrected chi connectivity index (χ4v) is 3.41. The highest BCUT2D eigenvalue weighted by Crippen LogP contribution is 2.30. The molecule has 0 bridgehead atoms. The van der Waals surface area contributed by atoms with E-state index in [9.17, 15) is 18.0 Å². The van der Waals surface area contributed by atoms with Crippen LogP contribution in [-0.2, 0) is 17.5 Å². The van der Waals surface area contributed by atoms with Gasteiger partial charge in [-0.05, 0) is 42.4 Å². The van der Waals surface area contributed by atoms with Crippen LogP contribution >= 0.6 is 0 Å². The zero-order valence-electron chi connectivity index (χ0n) is 17.0. The Morgan fingerprint density at radius 3 is 2.27 bits per heavy atom. The molecule has 0 saturated carbocycles. The second-order valence-electron chi connectivity index (χ2n) is 7.39. The summed E-state index contributed by atoms with van der Waals surface area (Å²) < 4.78 is 38.3. The van der Waals surface area contributed by atoms with E-state index in [-0.39, 0.29) is 18.1 Å². The largest absolute Gasteiger partial charge is 0.416 e. The summed E-state index contributed by atoms with van der Waals surface area (Å²) in [5.74, 6) is -0.323. The highest BCUT2D eigenvalue weighted by Gasteiger charge is 2.30. The summed E-state index contributed by atoms with van der Waals surface area (Å²) in [5, 5.41) is 5.49. The van der Waals surface area contributed by atoms with Gasteiger partial charge in [-0.25, -0.2) is 0 Å². The molecule has 0 unspecified atom stereocenters. The highest BCUT2D eigenvalue weighted by molar-refractivity contribution is 5.93. The van der Waals surface area contributed by atoms with Crippen LogP contribution in [0.1, 0.15) is 18.1 Å². The van der Waals surface area contributed by atoms with Gasteiger partial charge >= 0.3 is 6.18 Å². The van der Waals surface area contributed by atoms with Gasteiger partial charge in [0.05, 0.1) is 12.1 Å². The molecule has 2 N–H and O–H groups in total. The lowest BCUT2D eigenvalue weighted by Gasteiger charge is -2.34. The number of likely N-dealkylation sites (N-methyl/N-ethyl adjacent to an activating group) is 1. The van der Waals surface area contributed by atoms with E-state index in [1.54, 1.807) is 0 Å². The molecule has 2 aromatic rings. The minimum Gasteiger partial charge on any atom is -0.376 e. The molecule has 0 spiro atoms. The van der Waals surface area contributed by atoms with Crippen molar-refractivity contribution < 1.29 is 18.0 Å². The van der Waals surface area contributed by atoms with Gasteiger partial charge in [0.25, 0.3) is 0 Å². The van der Waals surface area contributed by atoms with E-state index in [0.717, 1.165) is 51.4 Å². The van der Waals surface area contributed by atoms with Crippen LogP contribution in [0.25, 0.3) is 0 Å². The number of halogens is 3. The first-order valence-electron chi connectivity index (χ1n) is 10.1. The number of amides is 1. The predicted octanol–water partition coefficient (Wildman–Crippen LogP) is 3.89. The molecule has 0 radical (unpaired) electrons. The summed E-state index contributed by atoms with van der Waals surface area (Å²) in [6, 6.07) is 12.5. The first kappa shape index (κ1) is 22.1. The molecule has 0 atom stereocenters. The van der Waals surface area contributed by atoms with Crippen molar-refractivity contribution in [3.8, 4) is 0 Å². The third-order valence-corrected chi connectivity index (χ3v) is 5.20. The number of hydrogen-bond acceptors (Lipinski definition) is 4. The van der Waals surface area contributed by atoms with Crippen LogP contribution < -0.4 is 10.6 Å². The van der Waals surface area contributed by atoms with Crippen LogP contribution in [0.3, 0.4) is 0 Å². The van der Waals surface area contributed by atoms with Crippen LogP contribution in [0.15, 0.2) is 48.5 Å². The molecule has 162 valence electrons. The summed E-state index contributed by atoms with van der Waals surface area (Å²) in [5.41, 5.74) is 1.34. The lowest BCUT2D eigenvalue weighted by Crippen LogP contribution is -2.45. The molecule has 1 amide bonds. The number of nitrogens with one attached hydrogen (secondary N) is 2. The van der Waals surface area contributed by atoms with Crippen molar-refractivity contribution in [3.05, 3.63) is 59.7 Å². The number of piperazine rings is 1. The number of carbonyl (C=O) groups excluding carboxylic acids is 1. The quantitative estimate of drug-likeness (QED) is 0.714. The minimum absolute atomic E-state index is 0.120. The molecule has 1 aliphatic heterocycles. The molecule has 1 fully saturated rings. The SMILES string of the molecule is CCN1CCN(Cc2ccc(NC(=O)CNc3cccc(C(F)(F)F)c3)cc2)CC1. The van der Waals surface area contributed by atoms with Gasteiger partial charge < -0.3 is 15.5 Å². The summed E-state index contributed by atoms with van der Waals surface area (Å²) in [7, 11) is 0. The lowest BCUT2D eigenvalue weighted by molar-refractivity contribution is -0.137. The number of nitrogens with zero attached hydrogens (tertiary/aromatic N) is 2. The van der Waals surface area contributed by atoms with Crippen molar-refractivity contribution in [3.63, 3.8) is 0 Å². The Morgan fingerprint density at radius 2 is 1.63 bits per heavy atom. The first-order valence-corrected chi connectivity index (χ1v) is 10.1. The van der Waals surface area contributed by atoms with Crippen LogP contribution in [0.5, 0.6) is 0 Å². The van der Waals surface area contributed by atoms with Crippen molar-refractivity contribution in [1.29, 1.82) is 0 Å². The first-order chi connectivity index (χ1) is 14.3. The fraction of sp³-hybridized carbons (Fsp3) is 0.409. The van der Waals surface area contributed by atoms with E-state index in [2.05, 4.69) is 27.4 Å². The maximum Gasteiger partial charge on any atom is 0.416 e. The van der Waals surface area contributed by atoms with Gasteiger partial charge in [-0.15, -0.1) is 0 Å². The third-order valence-electron chi connectivity index (χ3n) is 5.20. The number of anilines is 2. The van der Waals surface area contributed by atoms with Gasteiger partial charge in [0.2, 0.25) is 5.91 Å². The number of rotatable bonds is 7. The zero-order valence-corrected chi connectivity index (χ0v) is 17.0. The molecule has 8 heteroatoms. The van der Waals surface area contributed by atoms with E-state index in [1.165, 1.54) is 17.7 Å². The molecule has 30 heavy (non-hydrogen) atoms. The highest BCUT2D eigenvalue weighted by atomic mass is 19.4. The summed E-state index contributed by atoms with van der Waals surface area (Å²) in [4.78, 5) is 17.0. The van der Waals surface area contributed by atoms with Crippen LogP contribution in [0, 0.1) is 0 Å². The Kier molecular flexibility index (Phi) is 7.33. The van der Waals surface area contributed by atoms with Crippen molar-refractivity contribution >= 4 is 17.3 Å². The average Bonchev–Trinajstić information content (AvgIpc) is 2.74. The summed E-state index contributed by atoms with van der Waals surface area (Å²) in [6.45, 7) is 8.30. The van der Waals surface area contributed by atoms with Crippen LogP contribution in [0.2, 0.25) is 0 Å². The van der Waals surface area contributed by atoms with Crippen molar-refractivity contribution in [2.24, 2.45) is 0 Å². The normalized spacial score (nSPS) is 15.7. The molecular weight excluding hydrogens is 393 g/mol. The Morgan fingerprint density at radius 1 is 0.967 bits per heavy atom. The summed E-state index contributed by atoms with van der Waals surface area (Å²) in [6.07, 6.45) is -4.41. The molecule has 1 aliphatic rings. The Labute approximate surface area is 174 Å². The van der Waals surface area contributed by atoms with E-state index in [0.29, 0.717) is 5.69 Å². The van der Waals surface area contributed by atoms with E-state index in [1.807, 2.05) is 24.3 Å². The van der Waals surface area contributed by atoms with E-state index in [4.69, 9.17) is 0 Å². The maximum absolute atomic E-state index is 12.8. The Hall–Kier alpha value is -2.58. The zero-order chi connectivity index (χ0) is 21.6. The Balaban J connectivity index is 1.46. The monoisotopic (exact) mass is 420 g/mol. The van der Waals surface area contributed by atoms with Crippen molar-refractivity contribution in [2.75, 3.05) is 49.9 Å². The van der Waals surface area contributed by atoms with Gasteiger partial charge in [-0.3, -0.25) is 9.69 Å². The predicted molar refractivity (Wildman–Crippen MR) is 112 cm³/mol. The second kappa shape index (κ2) is 9.95. The van der Waals surface area contributed by atoms with Crippen molar-refractivity contribution in [1.82, 2.24) is 9.80 Å². The van der Waals surface area contributed by atoms with Gasteiger partial charge in [-0.1, -0.05) is 25.1 Å². The smallest absolute Gasteiger partial charge is 0.376 e. The molecule has 0 aliphatic carbocycles. The standard InChI is InChI=1S/C22H27F3N4O/c1-2-28-10-12-29(13-11-28)16-17-6-8-19(9-7-17)27-21(30)15-26-20-5-3-4-18(14-20)22(23,24)25/h3-9,14,26H,2,10-13,15-16H2,1H3,(H,27,30). The van der Waals surface area contributed by atoms with Gasteiger partial charge in [0, 0.05) is 44.1 Å². The summed E-state index contributed by atoms with van der Waals surface area (Å²) >= 11 is 0. The number of benzene rings is 2. The van der Waals surface area contributed by atoms with Gasteiger partial charge in [0.15, 0.2) is 0 Å². The molecular formula is C22H27F3N4O. The topological polar surface area (TPSA) is 47.6 Å².